The second-order valence-corrected chi connectivity index (χ2v) is 6.33. The van der Waals surface area contributed by atoms with E-state index in [0.29, 0.717) is 11.4 Å². The van der Waals surface area contributed by atoms with Crippen LogP contribution in [0.1, 0.15) is 6.92 Å². The number of hydrogen-bond acceptors (Lipinski definition) is 3. The van der Waals surface area contributed by atoms with E-state index in [1.165, 1.54) is 60.3 Å². The summed E-state index contributed by atoms with van der Waals surface area (Å²) in [4.78, 5) is 23.8. The van der Waals surface area contributed by atoms with Crippen molar-refractivity contribution < 1.29 is 18.4 Å². The third-order valence-electron chi connectivity index (χ3n) is 3.07. The van der Waals surface area contributed by atoms with E-state index in [1.54, 1.807) is 6.92 Å². The first-order valence-corrected chi connectivity index (χ1v) is 8.22. The summed E-state index contributed by atoms with van der Waals surface area (Å²) in [5.74, 6) is -1.24. The molecule has 126 valence electrons. The molecule has 2 N–H and O–H groups in total. The zero-order valence-electron chi connectivity index (χ0n) is 12.9. The van der Waals surface area contributed by atoms with E-state index < -0.39 is 5.25 Å². The minimum atomic E-state index is -0.464. The van der Waals surface area contributed by atoms with Crippen molar-refractivity contribution in [3.05, 3.63) is 60.2 Å². The molecule has 2 aromatic carbocycles. The van der Waals surface area contributed by atoms with E-state index in [-0.39, 0.29) is 29.2 Å². The maximum atomic E-state index is 12.8. The highest BCUT2D eigenvalue weighted by molar-refractivity contribution is 8.01. The van der Waals surface area contributed by atoms with Crippen LogP contribution in [0.25, 0.3) is 0 Å². The van der Waals surface area contributed by atoms with E-state index in [4.69, 9.17) is 0 Å². The first kappa shape index (κ1) is 17.9. The van der Waals surface area contributed by atoms with Gasteiger partial charge in [0, 0.05) is 11.4 Å². The van der Waals surface area contributed by atoms with Crippen molar-refractivity contribution in [2.75, 3.05) is 16.4 Å². The first-order valence-electron chi connectivity index (χ1n) is 7.17. The predicted octanol–water partition coefficient (Wildman–Crippen LogP) is 3.66. The minimum absolute atomic E-state index is 0.0788. The zero-order valence-corrected chi connectivity index (χ0v) is 13.7. The molecule has 1 atom stereocenters. The number of thioether (sulfide) groups is 1. The van der Waals surface area contributed by atoms with Crippen molar-refractivity contribution in [3.63, 3.8) is 0 Å². The van der Waals surface area contributed by atoms with Gasteiger partial charge in [-0.2, -0.15) is 0 Å². The van der Waals surface area contributed by atoms with Crippen molar-refractivity contribution in [2.45, 2.75) is 12.2 Å². The van der Waals surface area contributed by atoms with Gasteiger partial charge in [0.25, 0.3) is 0 Å². The van der Waals surface area contributed by atoms with Gasteiger partial charge in [0.2, 0.25) is 11.8 Å². The van der Waals surface area contributed by atoms with Crippen LogP contribution in [0.5, 0.6) is 0 Å². The second kappa shape index (κ2) is 8.44. The lowest BCUT2D eigenvalue weighted by Gasteiger charge is -2.12. The van der Waals surface area contributed by atoms with E-state index in [0.717, 1.165) is 0 Å². The lowest BCUT2D eigenvalue weighted by Crippen LogP contribution is -2.25. The fourth-order valence-electron chi connectivity index (χ4n) is 1.78. The Balaban J connectivity index is 1.77. The second-order valence-electron chi connectivity index (χ2n) is 5.00. The Bertz CT molecular complexity index is 706. The number of carbonyl (C=O) groups is 2. The Morgan fingerprint density at radius 1 is 0.917 bits per heavy atom. The van der Waals surface area contributed by atoms with E-state index >= 15 is 0 Å². The highest BCUT2D eigenvalue weighted by Crippen LogP contribution is 2.16. The van der Waals surface area contributed by atoms with E-state index in [9.17, 15) is 18.4 Å². The Hall–Kier alpha value is -2.41. The molecule has 0 aliphatic rings. The molecule has 0 spiro atoms. The average Bonchev–Trinajstić information content (AvgIpc) is 2.57. The van der Waals surface area contributed by atoms with Gasteiger partial charge in [0.1, 0.15) is 11.6 Å². The number of anilines is 2. The number of halogens is 2. The molecule has 4 nitrogen and oxygen atoms in total. The van der Waals surface area contributed by atoms with Gasteiger partial charge in [-0.1, -0.05) is 0 Å². The molecule has 1 unspecified atom stereocenters. The molecule has 2 amide bonds. The number of hydrogen-bond donors (Lipinski definition) is 2. The molecule has 24 heavy (non-hydrogen) atoms. The summed E-state index contributed by atoms with van der Waals surface area (Å²) in [6.07, 6.45) is 0. The van der Waals surface area contributed by atoms with Crippen LogP contribution in [0.2, 0.25) is 0 Å². The van der Waals surface area contributed by atoms with Gasteiger partial charge in [-0.15, -0.1) is 11.8 Å². The summed E-state index contributed by atoms with van der Waals surface area (Å²) in [7, 11) is 0. The van der Waals surface area contributed by atoms with Crippen LogP contribution < -0.4 is 10.6 Å². The van der Waals surface area contributed by atoms with Crippen molar-refractivity contribution in [1.29, 1.82) is 0 Å². The molecule has 0 bridgehead atoms. The summed E-state index contributed by atoms with van der Waals surface area (Å²) in [6.45, 7) is 1.68. The lowest BCUT2D eigenvalue weighted by molar-refractivity contribution is -0.115. The Kier molecular flexibility index (Phi) is 6.31. The van der Waals surface area contributed by atoms with Gasteiger partial charge in [-0.25, -0.2) is 8.78 Å². The molecule has 0 radical (unpaired) electrons. The van der Waals surface area contributed by atoms with Gasteiger partial charge >= 0.3 is 0 Å². The third kappa shape index (κ3) is 5.66. The molecule has 0 aliphatic heterocycles. The quantitative estimate of drug-likeness (QED) is 0.836. The molecule has 2 aromatic rings. The van der Waals surface area contributed by atoms with Crippen LogP contribution in [-0.2, 0) is 9.59 Å². The molecular weight excluding hydrogens is 334 g/mol. The molecule has 0 aromatic heterocycles. The van der Waals surface area contributed by atoms with Crippen molar-refractivity contribution in [1.82, 2.24) is 0 Å². The van der Waals surface area contributed by atoms with Crippen LogP contribution in [0.4, 0.5) is 20.2 Å². The summed E-state index contributed by atoms with van der Waals surface area (Å²) in [6, 6.07) is 10.9. The third-order valence-corrected chi connectivity index (χ3v) is 4.22. The van der Waals surface area contributed by atoms with Gasteiger partial charge in [-0.3, -0.25) is 9.59 Å². The summed E-state index contributed by atoms with van der Waals surface area (Å²) in [5, 5.41) is 4.80. The molecular formula is C17H16F2N2O2S. The van der Waals surface area contributed by atoms with E-state index in [1.807, 2.05) is 0 Å². The zero-order chi connectivity index (χ0) is 17.5. The van der Waals surface area contributed by atoms with Crippen LogP contribution in [0.15, 0.2) is 48.5 Å². The number of amides is 2. The highest BCUT2D eigenvalue weighted by Gasteiger charge is 2.15. The topological polar surface area (TPSA) is 58.2 Å². The van der Waals surface area contributed by atoms with Crippen LogP contribution in [-0.4, -0.2) is 22.8 Å². The van der Waals surface area contributed by atoms with Crippen molar-refractivity contribution >= 4 is 35.0 Å². The SMILES string of the molecule is CC(SCC(=O)Nc1ccc(F)cc1)C(=O)Nc1ccc(F)cc1. The fraction of sp³-hybridized carbons (Fsp3) is 0.176. The highest BCUT2D eigenvalue weighted by atomic mass is 32.2. The van der Waals surface area contributed by atoms with Crippen LogP contribution in [0, 0.1) is 11.6 Å². The first-order chi connectivity index (χ1) is 11.4. The van der Waals surface area contributed by atoms with Gasteiger partial charge in [-0.05, 0) is 55.5 Å². The number of benzene rings is 2. The molecule has 0 aliphatic carbocycles. The monoisotopic (exact) mass is 350 g/mol. The summed E-state index contributed by atoms with van der Waals surface area (Å²) >= 11 is 1.17. The number of rotatable bonds is 6. The number of nitrogens with one attached hydrogen (secondary N) is 2. The molecule has 0 fully saturated rings. The standard InChI is InChI=1S/C17H16F2N2O2S/c1-11(17(23)21-15-8-4-13(19)5-9-15)24-10-16(22)20-14-6-2-12(18)3-7-14/h2-9,11H,10H2,1H3,(H,20,22)(H,21,23). The normalized spacial score (nSPS) is 11.6. The minimum Gasteiger partial charge on any atom is -0.325 e. The molecule has 7 heteroatoms. The molecule has 2 rings (SSSR count). The van der Waals surface area contributed by atoms with Crippen LogP contribution >= 0.6 is 11.8 Å². The number of carbonyl (C=O) groups excluding carboxylic acids is 2. The van der Waals surface area contributed by atoms with Crippen molar-refractivity contribution in [3.8, 4) is 0 Å². The maximum absolute atomic E-state index is 12.8. The summed E-state index contributed by atoms with van der Waals surface area (Å²) in [5.41, 5.74) is 0.982. The van der Waals surface area contributed by atoms with Gasteiger partial charge < -0.3 is 10.6 Å². The van der Waals surface area contributed by atoms with Crippen molar-refractivity contribution in [2.24, 2.45) is 0 Å². The fourth-order valence-corrected chi connectivity index (χ4v) is 2.47. The predicted molar refractivity (Wildman–Crippen MR) is 92.0 cm³/mol. The Labute approximate surface area is 142 Å². The molecule has 0 saturated carbocycles. The molecule has 0 saturated heterocycles. The lowest BCUT2D eigenvalue weighted by atomic mass is 10.3. The van der Waals surface area contributed by atoms with Gasteiger partial charge in [0.15, 0.2) is 0 Å². The van der Waals surface area contributed by atoms with Crippen LogP contribution in [0.3, 0.4) is 0 Å². The Morgan fingerprint density at radius 2 is 1.38 bits per heavy atom. The Morgan fingerprint density at radius 3 is 1.88 bits per heavy atom. The average molecular weight is 350 g/mol. The summed E-state index contributed by atoms with van der Waals surface area (Å²) < 4.78 is 25.6. The molecule has 0 heterocycles. The largest absolute Gasteiger partial charge is 0.325 e. The maximum Gasteiger partial charge on any atom is 0.237 e. The van der Waals surface area contributed by atoms with Gasteiger partial charge in [0.05, 0.1) is 11.0 Å². The van der Waals surface area contributed by atoms with E-state index in [2.05, 4.69) is 10.6 Å². The smallest absolute Gasteiger partial charge is 0.237 e.